The van der Waals surface area contributed by atoms with Gasteiger partial charge in [0, 0.05) is 0 Å². The zero-order chi connectivity index (χ0) is 23.1. The summed E-state index contributed by atoms with van der Waals surface area (Å²) in [6.45, 7) is 15.4. The van der Waals surface area contributed by atoms with Gasteiger partial charge in [0.25, 0.3) is 0 Å². The van der Waals surface area contributed by atoms with E-state index in [-0.39, 0.29) is 10.8 Å². The Bertz CT molecular complexity index is 979. The number of phenols is 1. The van der Waals surface area contributed by atoms with Crippen LogP contribution in [0.2, 0.25) is 0 Å². The molecule has 0 aromatic heterocycles. The van der Waals surface area contributed by atoms with Crippen LogP contribution in [0.3, 0.4) is 0 Å². The van der Waals surface area contributed by atoms with Gasteiger partial charge in [0.05, 0.1) is 0 Å². The summed E-state index contributed by atoms with van der Waals surface area (Å²) in [6, 6.07) is 26.1. The van der Waals surface area contributed by atoms with Crippen molar-refractivity contribution in [3.05, 3.63) is 89.5 Å². The molecule has 0 bridgehead atoms. The summed E-state index contributed by atoms with van der Waals surface area (Å²) in [6.07, 6.45) is 0.881. The molecule has 0 aliphatic carbocycles. The molecule has 166 valence electrons. The number of hydrogen-bond donors (Lipinski definition) is 1. The van der Waals surface area contributed by atoms with Crippen molar-refractivity contribution in [1.82, 2.24) is 0 Å². The molecule has 31 heavy (non-hydrogen) atoms. The normalized spacial score (nSPS) is 14.1. The van der Waals surface area contributed by atoms with E-state index in [2.05, 4.69) is 136 Å². The molecule has 0 aliphatic rings. The van der Waals surface area contributed by atoms with Crippen molar-refractivity contribution < 1.29 is 5.11 Å². The quantitative estimate of drug-likeness (QED) is 0.366. The van der Waals surface area contributed by atoms with Crippen LogP contribution in [-0.2, 0) is 17.0 Å². The van der Waals surface area contributed by atoms with Crippen LogP contribution in [0.5, 0.6) is 5.75 Å². The zero-order valence-electron chi connectivity index (χ0n) is 19.9. The summed E-state index contributed by atoms with van der Waals surface area (Å²) in [4.78, 5) is 0. The van der Waals surface area contributed by atoms with Crippen molar-refractivity contribution in [2.75, 3.05) is 6.66 Å². The number of aromatic hydroxyl groups is 1. The molecule has 0 atom stereocenters. The molecule has 3 aromatic carbocycles. The van der Waals surface area contributed by atoms with Crippen LogP contribution in [0.1, 0.15) is 58.2 Å². The fraction of sp³-hybridized carbons (Fsp3) is 0.357. The predicted octanol–water partition coefficient (Wildman–Crippen LogP) is 7.63. The van der Waals surface area contributed by atoms with Crippen LogP contribution in [0.15, 0.2) is 72.8 Å². The van der Waals surface area contributed by atoms with Crippen LogP contribution < -0.4 is 10.6 Å². The van der Waals surface area contributed by atoms with E-state index in [1.807, 2.05) is 0 Å². The van der Waals surface area contributed by atoms with E-state index in [9.17, 15) is 5.11 Å². The Morgan fingerprint density at radius 2 is 1.06 bits per heavy atom. The Labute approximate surface area is 196 Å². The monoisotopic (exact) mass is 498 g/mol. The molecule has 0 aliphatic heterocycles. The van der Waals surface area contributed by atoms with E-state index in [1.54, 1.807) is 0 Å². The molecule has 0 amide bonds. The fourth-order valence-corrected chi connectivity index (χ4v) is 10.2. The first-order valence-electron chi connectivity index (χ1n) is 10.9. The zero-order valence-corrected chi connectivity index (χ0v) is 22.4. The molecule has 0 spiro atoms. The third-order valence-electron chi connectivity index (χ3n) is 6.19. The number of rotatable bonds is 4. The van der Waals surface area contributed by atoms with Gasteiger partial charge in [0.2, 0.25) is 0 Å². The van der Waals surface area contributed by atoms with Gasteiger partial charge in [0.1, 0.15) is 0 Å². The van der Waals surface area contributed by atoms with Crippen molar-refractivity contribution in [1.29, 1.82) is 0 Å². The minimum absolute atomic E-state index is 0.143. The Hall–Kier alpha value is -1.63. The van der Waals surface area contributed by atoms with Gasteiger partial charge in [-0.3, -0.25) is 0 Å². The van der Waals surface area contributed by atoms with Crippen molar-refractivity contribution >= 4 is 31.4 Å². The first-order valence-corrected chi connectivity index (χ1v) is 15.8. The molecule has 3 rings (SSSR count). The number of phenolic OH excluding ortho intramolecular Hbond substituents is 1. The summed E-state index contributed by atoms with van der Waals surface area (Å²) >= 11 is 4.38. The molecule has 0 saturated heterocycles. The molecule has 3 aromatic rings. The maximum absolute atomic E-state index is 11.2. The van der Waals surface area contributed by atoms with E-state index < -0.39 is 5.31 Å². The Morgan fingerprint density at radius 1 is 0.710 bits per heavy atom. The molecule has 0 heterocycles. The second-order valence-corrected chi connectivity index (χ2v) is 21.4. The molecule has 0 saturated carbocycles. The number of halogens is 1. The van der Waals surface area contributed by atoms with Crippen LogP contribution in [0.25, 0.3) is 0 Å². The Kier molecular flexibility index (Phi) is 6.24. The van der Waals surface area contributed by atoms with Crippen molar-refractivity contribution in [3.63, 3.8) is 0 Å². The first-order chi connectivity index (χ1) is 14.2. The SMILES string of the molecule is CC(C)(C)c1cc(CP(C)(Br)(c2ccccc2)c2ccccc2)cc(C(C)(C)C)c1O. The standard InChI is InChI=1S/C28H36BrOP/c1-27(2,3)24-18-21(19-25(26(24)30)28(4,5)6)20-31(7,29,22-14-10-8-11-15-22)23-16-12-9-13-17-23/h8-19,30H,20H2,1-7H3. The molecule has 0 fully saturated rings. The Morgan fingerprint density at radius 3 is 1.39 bits per heavy atom. The van der Waals surface area contributed by atoms with Gasteiger partial charge in [-0.25, -0.2) is 0 Å². The molecule has 0 radical (unpaired) electrons. The van der Waals surface area contributed by atoms with Crippen molar-refractivity contribution in [2.45, 2.75) is 58.5 Å². The van der Waals surface area contributed by atoms with Crippen LogP contribution >= 0.6 is 20.8 Å². The maximum atomic E-state index is 11.2. The first kappa shape index (κ1) is 24.0. The number of benzene rings is 3. The van der Waals surface area contributed by atoms with Gasteiger partial charge in [-0.05, 0) is 0 Å². The average molecular weight is 499 g/mol. The summed E-state index contributed by atoms with van der Waals surface area (Å²) < 4.78 is 0. The van der Waals surface area contributed by atoms with Crippen molar-refractivity contribution in [3.8, 4) is 5.75 Å². The molecule has 0 unspecified atom stereocenters. The third kappa shape index (κ3) is 4.76. The van der Waals surface area contributed by atoms with E-state index >= 15 is 0 Å². The molecule has 3 heteroatoms. The summed E-state index contributed by atoms with van der Waals surface area (Å²) in [5.41, 5.74) is 3.01. The number of hydrogen-bond acceptors (Lipinski definition) is 1. The minimum atomic E-state index is -2.70. The third-order valence-corrected chi connectivity index (χ3v) is 13.8. The van der Waals surface area contributed by atoms with E-state index in [1.165, 1.54) is 16.2 Å². The van der Waals surface area contributed by atoms with Gasteiger partial charge in [-0.2, -0.15) is 0 Å². The molecular weight excluding hydrogens is 463 g/mol. The summed E-state index contributed by atoms with van der Waals surface area (Å²) in [7, 11) is 0. The second-order valence-electron chi connectivity index (χ2n) is 11.0. The van der Waals surface area contributed by atoms with Crippen molar-refractivity contribution in [2.24, 2.45) is 0 Å². The average Bonchev–Trinajstić information content (AvgIpc) is 2.69. The van der Waals surface area contributed by atoms with Gasteiger partial charge < -0.3 is 0 Å². The van der Waals surface area contributed by atoms with E-state index in [4.69, 9.17) is 0 Å². The topological polar surface area (TPSA) is 20.2 Å². The second kappa shape index (κ2) is 8.05. The molecule has 1 nitrogen and oxygen atoms in total. The molecule has 1 N–H and O–H groups in total. The summed E-state index contributed by atoms with van der Waals surface area (Å²) in [5, 5.41) is 11.2. The van der Waals surface area contributed by atoms with E-state index in [0.717, 1.165) is 17.3 Å². The van der Waals surface area contributed by atoms with Crippen LogP contribution in [0, 0.1) is 0 Å². The summed E-state index contributed by atoms with van der Waals surface area (Å²) in [5.74, 6) is 0.439. The predicted molar refractivity (Wildman–Crippen MR) is 143 cm³/mol. The van der Waals surface area contributed by atoms with E-state index in [0.29, 0.717) is 5.75 Å². The van der Waals surface area contributed by atoms with Crippen LogP contribution in [-0.4, -0.2) is 11.8 Å². The fourth-order valence-electron chi connectivity index (χ4n) is 4.32. The van der Waals surface area contributed by atoms with Gasteiger partial charge in [-0.15, -0.1) is 0 Å². The van der Waals surface area contributed by atoms with Gasteiger partial charge >= 0.3 is 197 Å². The van der Waals surface area contributed by atoms with Gasteiger partial charge in [-0.1, -0.05) is 0 Å². The van der Waals surface area contributed by atoms with Crippen LogP contribution in [0.4, 0.5) is 0 Å². The van der Waals surface area contributed by atoms with Gasteiger partial charge in [0.15, 0.2) is 0 Å². The molecular formula is C28H36BrOP. The Balaban J connectivity index is 2.29.